The zero-order chi connectivity index (χ0) is 11.3. The summed E-state index contributed by atoms with van der Waals surface area (Å²) in [4.78, 5) is 8.12. The van der Waals surface area contributed by atoms with E-state index < -0.39 is 0 Å². The Labute approximate surface area is 90.8 Å². The van der Waals surface area contributed by atoms with Crippen LogP contribution in [0.25, 0.3) is 5.57 Å². The Hall–Kier alpha value is -1.48. The summed E-state index contributed by atoms with van der Waals surface area (Å²) in [6, 6.07) is 1.95. The SMILES string of the molecule is C/C=C(\C=NC)c1ccncc1C(C)N. The van der Waals surface area contributed by atoms with Crippen molar-refractivity contribution in [1.29, 1.82) is 0 Å². The van der Waals surface area contributed by atoms with Crippen molar-refractivity contribution in [2.24, 2.45) is 10.7 Å². The van der Waals surface area contributed by atoms with E-state index in [-0.39, 0.29) is 6.04 Å². The van der Waals surface area contributed by atoms with Crippen LogP contribution in [0.15, 0.2) is 29.5 Å². The van der Waals surface area contributed by atoms with Gasteiger partial charge in [-0.3, -0.25) is 9.98 Å². The molecule has 3 nitrogen and oxygen atoms in total. The van der Waals surface area contributed by atoms with Gasteiger partial charge in [-0.1, -0.05) is 6.08 Å². The molecule has 0 spiro atoms. The van der Waals surface area contributed by atoms with Gasteiger partial charge >= 0.3 is 0 Å². The van der Waals surface area contributed by atoms with Gasteiger partial charge in [0, 0.05) is 31.7 Å². The van der Waals surface area contributed by atoms with Crippen molar-refractivity contribution in [3.8, 4) is 0 Å². The van der Waals surface area contributed by atoms with Gasteiger partial charge < -0.3 is 5.73 Å². The number of aromatic nitrogens is 1. The highest BCUT2D eigenvalue weighted by Gasteiger charge is 2.08. The Kier molecular flexibility index (Phi) is 4.18. The molecule has 0 fully saturated rings. The third-order valence-corrected chi connectivity index (χ3v) is 2.23. The maximum absolute atomic E-state index is 5.89. The second-order valence-corrected chi connectivity index (χ2v) is 3.38. The van der Waals surface area contributed by atoms with E-state index in [1.807, 2.05) is 38.4 Å². The van der Waals surface area contributed by atoms with Gasteiger partial charge in [-0.2, -0.15) is 0 Å². The Morgan fingerprint density at radius 1 is 1.60 bits per heavy atom. The maximum atomic E-state index is 5.89. The molecule has 0 saturated carbocycles. The van der Waals surface area contributed by atoms with Crippen molar-refractivity contribution in [3.05, 3.63) is 35.7 Å². The largest absolute Gasteiger partial charge is 0.324 e. The van der Waals surface area contributed by atoms with Crippen LogP contribution in [0.2, 0.25) is 0 Å². The molecule has 0 radical (unpaired) electrons. The summed E-state index contributed by atoms with van der Waals surface area (Å²) in [5, 5.41) is 0. The Balaban J connectivity index is 3.23. The van der Waals surface area contributed by atoms with Crippen LogP contribution in [0.4, 0.5) is 0 Å². The van der Waals surface area contributed by atoms with Gasteiger partial charge in [0.15, 0.2) is 0 Å². The van der Waals surface area contributed by atoms with Crippen LogP contribution in [0, 0.1) is 0 Å². The van der Waals surface area contributed by atoms with E-state index in [9.17, 15) is 0 Å². The minimum Gasteiger partial charge on any atom is -0.324 e. The molecule has 0 aromatic carbocycles. The molecule has 1 atom stereocenters. The predicted octanol–water partition coefficient (Wildman–Crippen LogP) is 2.21. The second-order valence-electron chi connectivity index (χ2n) is 3.38. The minimum atomic E-state index is -0.0195. The standard InChI is InChI=1S/C12H17N3/c1-4-10(7-14-3)11-5-6-15-8-12(11)9(2)13/h4-9H,13H2,1-3H3/b10-4+,14-7?. The van der Waals surface area contributed by atoms with E-state index in [1.54, 1.807) is 13.2 Å². The van der Waals surface area contributed by atoms with Crippen molar-refractivity contribution in [3.63, 3.8) is 0 Å². The lowest BCUT2D eigenvalue weighted by atomic mass is 9.98. The van der Waals surface area contributed by atoms with Gasteiger partial charge in [-0.25, -0.2) is 0 Å². The number of nitrogens with zero attached hydrogens (tertiary/aromatic N) is 2. The molecule has 1 heterocycles. The fourth-order valence-corrected chi connectivity index (χ4v) is 1.47. The van der Waals surface area contributed by atoms with Crippen LogP contribution < -0.4 is 5.73 Å². The Morgan fingerprint density at radius 3 is 2.87 bits per heavy atom. The van der Waals surface area contributed by atoms with Gasteiger partial charge in [-0.05, 0) is 36.6 Å². The molecular weight excluding hydrogens is 186 g/mol. The normalized spacial score (nSPS) is 14.5. The summed E-state index contributed by atoms with van der Waals surface area (Å²) in [5.41, 5.74) is 9.12. The highest BCUT2D eigenvalue weighted by atomic mass is 14.7. The fraction of sp³-hybridized carbons (Fsp3) is 0.333. The topological polar surface area (TPSA) is 51.3 Å². The van der Waals surface area contributed by atoms with E-state index >= 15 is 0 Å². The van der Waals surface area contributed by atoms with Gasteiger partial charge in [0.05, 0.1) is 0 Å². The molecule has 15 heavy (non-hydrogen) atoms. The molecule has 1 rings (SSSR count). The molecule has 0 aliphatic heterocycles. The molecule has 0 aliphatic rings. The monoisotopic (exact) mass is 203 g/mol. The van der Waals surface area contributed by atoms with Crippen LogP contribution in [0.5, 0.6) is 0 Å². The first-order chi connectivity index (χ1) is 7.20. The molecule has 3 heteroatoms. The maximum Gasteiger partial charge on any atom is 0.0321 e. The van der Waals surface area contributed by atoms with E-state index in [2.05, 4.69) is 9.98 Å². The van der Waals surface area contributed by atoms with E-state index in [0.717, 1.165) is 16.7 Å². The number of allylic oxidation sites excluding steroid dienone is 2. The van der Waals surface area contributed by atoms with Crippen molar-refractivity contribution >= 4 is 11.8 Å². The smallest absolute Gasteiger partial charge is 0.0321 e. The van der Waals surface area contributed by atoms with Gasteiger partial charge in [0.25, 0.3) is 0 Å². The zero-order valence-corrected chi connectivity index (χ0v) is 9.44. The molecular formula is C12H17N3. The number of hydrogen-bond donors (Lipinski definition) is 1. The summed E-state index contributed by atoms with van der Waals surface area (Å²) in [5.74, 6) is 0. The van der Waals surface area contributed by atoms with Gasteiger partial charge in [0.2, 0.25) is 0 Å². The van der Waals surface area contributed by atoms with Crippen molar-refractivity contribution in [1.82, 2.24) is 4.98 Å². The van der Waals surface area contributed by atoms with Crippen molar-refractivity contribution in [2.45, 2.75) is 19.9 Å². The van der Waals surface area contributed by atoms with Crippen molar-refractivity contribution < 1.29 is 0 Å². The number of aliphatic imine (C=N–C) groups is 1. The lowest BCUT2D eigenvalue weighted by molar-refractivity contribution is 0.808. The van der Waals surface area contributed by atoms with Crippen LogP contribution in [0.1, 0.15) is 31.0 Å². The summed E-state index contributed by atoms with van der Waals surface area (Å²) < 4.78 is 0. The third kappa shape index (κ3) is 2.73. The molecule has 1 aromatic heterocycles. The Morgan fingerprint density at radius 2 is 2.33 bits per heavy atom. The summed E-state index contributed by atoms with van der Waals surface area (Å²) >= 11 is 0. The number of nitrogens with two attached hydrogens (primary N) is 1. The average Bonchev–Trinajstić information content (AvgIpc) is 2.26. The lowest BCUT2D eigenvalue weighted by Gasteiger charge is -2.11. The van der Waals surface area contributed by atoms with Crippen LogP contribution in [0.3, 0.4) is 0 Å². The Bertz CT molecular complexity index is 378. The number of pyridine rings is 1. The number of rotatable bonds is 3. The van der Waals surface area contributed by atoms with Gasteiger partial charge in [0.1, 0.15) is 0 Å². The highest BCUT2D eigenvalue weighted by Crippen LogP contribution is 2.21. The number of hydrogen-bond acceptors (Lipinski definition) is 3. The highest BCUT2D eigenvalue weighted by molar-refractivity contribution is 6.10. The summed E-state index contributed by atoms with van der Waals surface area (Å²) in [6.45, 7) is 3.94. The molecule has 80 valence electrons. The summed E-state index contributed by atoms with van der Waals surface area (Å²) in [6.07, 6.45) is 7.44. The first kappa shape index (κ1) is 11.6. The second kappa shape index (κ2) is 5.41. The molecule has 0 saturated heterocycles. The first-order valence-corrected chi connectivity index (χ1v) is 4.99. The zero-order valence-electron chi connectivity index (χ0n) is 9.44. The predicted molar refractivity (Wildman–Crippen MR) is 64.9 cm³/mol. The molecule has 1 unspecified atom stereocenters. The average molecular weight is 203 g/mol. The van der Waals surface area contributed by atoms with Crippen LogP contribution in [-0.4, -0.2) is 18.2 Å². The quantitative estimate of drug-likeness (QED) is 0.766. The molecule has 0 aliphatic carbocycles. The van der Waals surface area contributed by atoms with E-state index in [1.165, 1.54) is 0 Å². The molecule has 1 aromatic rings. The molecule has 0 bridgehead atoms. The van der Waals surface area contributed by atoms with E-state index in [0.29, 0.717) is 0 Å². The molecule has 2 N–H and O–H groups in total. The van der Waals surface area contributed by atoms with Crippen LogP contribution in [-0.2, 0) is 0 Å². The summed E-state index contributed by atoms with van der Waals surface area (Å²) in [7, 11) is 1.76. The minimum absolute atomic E-state index is 0.0195. The fourth-order valence-electron chi connectivity index (χ4n) is 1.47. The van der Waals surface area contributed by atoms with E-state index in [4.69, 9.17) is 5.73 Å². The van der Waals surface area contributed by atoms with Crippen molar-refractivity contribution in [2.75, 3.05) is 7.05 Å². The first-order valence-electron chi connectivity index (χ1n) is 4.99. The lowest BCUT2D eigenvalue weighted by Crippen LogP contribution is -2.08. The van der Waals surface area contributed by atoms with Crippen LogP contribution >= 0.6 is 0 Å². The molecule has 0 amide bonds. The third-order valence-electron chi connectivity index (χ3n) is 2.23. The van der Waals surface area contributed by atoms with Gasteiger partial charge in [-0.15, -0.1) is 0 Å².